The molecule has 2 aromatic carbocycles. The molecule has 0 saturated carbocycles. The summed E-state index contributed by atoms with van der Waals surface area (Å²) >= 11 is 1.33. The molecule has 0 unspecified atom stereocenters. The first kappa shape index (κ1) is 21.1. The van der Waals surface area contributed by atoms with Crippen LogP contribution in [0.25, 0.3) is 0 Å². The first-order valence-electron chi connectivity index (χ1n) is 9.72. The maximum Gasteiger partial charge on any atom is 0.416 e. The van der Waals surface area contributed by atoms with E-state index in [2.05, 4.69) is 5.32 Å². The fraction of sp³-hybridized carbons (Fsp3) is 0.217. The van der Waals surface area contributed by atoms with E-state index in [4.69, 9.17) is 0 Å². The SMILES string of the molecule is O=C(NCc1ccccc1C(F)(F)F)c1cc2c(s1)CCN(C(=O)c1ccccc1)C2. The Morgan fingerprint density at radius 3 is 2.48 bits per heavy atom. The Morgan fingerprint density at radius 2 is 1.74 bits per heavy atom. The van der Waals surface area contributed by atoms with Gasteiger partial charge in [0.05, 0.1) is 10.4 Å². The van der Waals surface area contributed by atoms with E-state index in [1.54, 1.807) is 23.1 Å². The van der Waals surface area contributed by atoms with Crippen LogP contribution in [0, 0.1) is 0 Å². The number of carbonyl (C=O) groups is 2. The molecule has 0 fully saturated rings. The van der Waals surface area contributed by atoms with Gasteiger partial charge in [-0.05, 0) is 41.8 Å². The number of hydrogen-bond acceptors (Lipinski definition) is 3. The van der Waals surface area contributed by atoms with Crippen LogP contribution in [-0.4, -0.2) is 23.3 Å². The maximum atomic E-state index is 13.1. The largest absolute Gasteiger partial charge is 0.416 e. The van der Waals surface area contributed by atoms with E-state index >= 15 is 0 Å². The van der Waals surface area contributed by atoms with E-state index in [9.17, 15) is 22.8 Å². The standard InChI is InChI=1S/C23H19F3N2O2S/c24-23(25,26)18-9-5-4-8-16(18)13-27-21(29)20-12-17-14-28(11-10-19(17)31-20)22(30)15-6-2-1-3-7-15/h1-9,12H,10-11,13-14H2,(H,27,29). The average molecular weight is 444 g/mol. The fourth-order valence-corrected chi connectivity index (χ4v) is 4.67. The molecule has 4 rings (SSSR count). The van der Waals surface area contributed by atoms with Gasteiger partial charge in [0.25, 0.3) is 11.8 Å². The monoisotopic (exact) mass is 444 g/mol. The van der Waals surface area contributed by atoms with Crippen molar-refractivity contribution < 1.29 is 22.8 Å². The number of hydrogen-bond donors (Lipinski definition) is 1. The maximum absolute atomic E-state index is 13.1. The molecule has 1 aromatic heterocycles. The topological polar surface area (TPSA) is 49.4 Å². The number of carbonyl (C=O) groups excluding carboxylic acids is 2. The van der Waals surface area contributed by atoms with Crippen molar-refractivity contribution in [2.45, 2.75) is 25.7 Å². The number of benzene rings is 2. The van der Waals surface area contributed by atoms with Crippen LogP contribution >= 0.6 is 11.3 Å². The van der Waals surface area contributed by atoms with Crippen LogP contribution in [0.15, 0.2) is 60.7 Å². The van der Waals surface area contributed by atoms with Gasteiger partial charge in [-0.1, -0.05) is 36.4 Å². The predicted molar refractivity (Wildman–Crippen MR) is 112 cm³/mol. The highest BCUT2D eigenvalue weighted by Crippen LogP contribution is 2.32. The lowest BCUT2D eigenvalue weighted by Gasteiger charge is -2.27. The molecule has 0 bridgehead atoms. The van der Waals surface area contributed by atoms with Crippen molar-refractivity contribution in [1.82, 2.24) is 10.2 Å². The molecule has 1 aliphatic heterocycles. The van der Waals surface area contributed by atoms with Gasteiger partial charge >= 0.3 is 6.18 Å². The normalized spacial score (nSPS) is 13.6. The summed E-state index contributed by atoms with van der Waals surface area (Å²) < 4.78 is 39.4. The third kappa shape index (κ3) is 4.64. The Kier molecular flexibility index (Phi) is 5.82. The van der Waals surface area contributed by atoms with E-state index in [0.717, 1.165) is 16.5 Å². The smallest absolute Gasteiger partial charge is 0.347 e. The quantitative estimate of drug-likeness (QED) is 0.623. The van der Waals surface area contributed by atoms with Crippen molar-refractivity contribution in [2.24, 2.45) is 0 Å². The molecule has 1 aliphatic rings. The highest BCUT2D eigenvalue weighted by Gasteiger charge is 2.33. The lowest BCUT2D eigenvalue weighted by Crippen LogP contribution is -2.35. The first-order chi connectivity index (χ1) is 14.8. The Bertz CT molecular complexity index is 1110. The molecule has 4 nitrogen and oxygen atoms in total. The molecule has 2 amide bonds. The molecular formula is C23H19F3N2O2S. The van der Waals surface area contributed by atoms with Crippen molar-refractivity contribution in [3.8, 4) is 0 Å². The summed E-state index contributed by atoms with van der Waals surface area (Å²) in [6.45, 7) is 0.751. The number of nitrogens with zero attached hydrogens (tertiary/aromatic N) is 1. The van der Waals surface area contributed by atoms with Crippen LogP contribution in [0.4, 0.5) is 13.2 Å². The molecular weight excluding hydrogens is 425 g/mol. The van der Waals surface area contributed by atoms with Crippen LogP contribution in [0.5, 0.6) is 0 Å². The minimum atomic E-state index is -4.47. The van der Waals surface area contributed by atoms with E-state index < -0.39 is 17.6 Å². The van der Waals surface area contributed by atoms with Crippen molar-refractivity contribution in [2.75, 3.05) is 6.54 Å². The Morgan fingerprint density at radius 1 is 1.03 bits per heavy atom. The van der Waals surface area contributed by atoms with Gasteiger partial charge in [0.2, 0.25) is 0 Å². The van der Waals surface area contributed by atoms with Gasteiger partial charge < -0.3 is 10.2 Å². The summed E-state index contributed by atoms with van der Waals surface area (Å²) in [5.41, 5.74) is 0.781. The first-order valence-corrected chi connectivity index (χ1v) is 10.5. The van der Waals surface area contributed by atoms with E-state index in [-0.39, 0.29) is 18.0 Å². The number of alkyl halides is 3. The Balaban J connectivity index is 1.43. The molecule has 0 spiro atoms. The summed E-state index contributed by atoms with van der Waals surface area (Å²) in [7, 11) is 0. The fourth-order valence-electron chi connectivity index (χ4n) is 3.60. The van der Waals surface area contributed by atoms with Gasteiger partial charge in [-0.25, -0.2) is 0 Å². The van der Waals surface area contributed by atoms with Gasteiger partial charge in [0.15, 0.2) is 0 Å². The molecule has 1 N–H and O–H groups in total. The Labute approximate surface area is 181 Å². The molecule has 8 heteroatoms. The molecule has 0 saturated heterocycles. The van der Waals surface area contributed by atoms with Crippen molar-refractivity contribution >= 4 is 23.2 Å². The lowest BCUT2D eigenvalue weighted by atomic mass is 10.1. The number of fused-ring (bicyclic) bond motifs is 1. The van der Waals surface area contributed by atoms with Gasteiger partial charge in [-0.3, -0.25) is 9.59 Å². The summed E-state index contributed by atoms with van der Waals surface area (Å²) in [4.78, 5) is 28.5. The zero-order chi connectivity index (χ0) is 22.0. The average Bonchev–Trinajstić information content (AvgIpc) is 3.20. The van der Waals surface area contributed by atoms with E-state index in [0.29, 0.717) is 30.0 Å². The number of thiophene rings is 1. The molecule has 0 atom stereocenters. The molecule has 0 aliphatic carbocycles. The summed E-state index contributed by atoms with van der Waals surface area (Å²) in [5, 5.41) is 2.59. The second-order valence-corrected chi connectivity index (χ2v) is 8.38. The van der Waals surface area contributed by atoms with E-state index in [1.807, 2.05) is 18.2 Å². The zero-order valence-corrected chi connectivity index (χ0v) is 17.2. The van der Waals surface area contributed by atoms with E-state index in [1.165, 1.54) is 29.5 Å². The van der Waals surface area contributed by atoms with Gasteiger partial charge in [0.1, 0.15) is 0 Å². The summed E-state index contributed by atoms with van der Waals surface area (Å²) in [6.07, 6.45) is -3.83. The summed E-state index contributed by atoms with van der Waals surface area (Å²) in [6, 6.07) is 15.9. The van der Waals surface area contributed by atoms with Crippen molar-refractivity contribution in [3.05, 3.63) is 92.7 Å². The third-order valence-corrected chi connectivity index (χ3v) is 6.40. The van der Waals surface area contributed by atoms with Gasteiger partial charge in [0, 0.05) is 30.1 Å². The molecule has 2 heterocycles. The number of amides is 2. The number of nitrogens with one attached hydrogen (secondary N) is 1. The van der Waals surface area contributed by atoms with Crippen molar-refractivity contribution in [3.63, 3.8) is 0 Å². The molecule has 0 radical (unpaired) electrons. The minimum absolute atomic E-state index is 0.0179. The minimum Gasteiger partial charge on any atom is -0.347 e. The van der Waals surface area contributed by atoms with Crippen molar-refractivity contribution in [1.29, 1.82) is 0 Å². The van der Waals surface area contributed by atoms with Gasteiger partial charge in [-0.2, -0.15) is 13.2 Å². The predicted octanol–water partition coefficient (Wildman–Crippen LogP) is 4.90. The Hall–Kier alpha value is -3.13. The lowest BCUT2D eigenvalue weighted by molar-refractivity contribution is -0.138. The number of rotatable bonds is 4. The second-order valence-electron chi connectivity index (χ2n) is 7.24. The molecule has 160 valence electrons. The number of halogens is 3. The second kappa shape index (κ2) is 8.55. The van der Waals surface area contributed by atoms with Crippen LogP contribution in [0.2, 0.25) is 0 Å². The highest BCUT2D eigenvalue weighted by molar-refractivity contribution is 7.14. The van der Waals surface area contributed by atoms with Crippen LogP contribution in [0.3, 0.4) is 0 Å². The van der Waals surface area contributed by atoms with Gasteiger partial charge in [-0.15, -0.1) is 11.3 Å². The highest BCUT2D eigenvalue weighted by atomic mass is 32.1. The third-order valence-electron chi connectivity index (χ3n) is 5.16. The summed E-state index contributed by atoms with van der Waals surface area (Å²) in [5.74, 6) is -0.482. The molecule has 31 heavy (non-hydrogen) atoms. The van der Waals surface area contributed by atoms with Crippen LogP contribution in [-0.2, 0) is 25.7 Å². The zero-order valence-electron chi connectivity index (χ0n) is 16.4. The van der Waals surface area contributed by atoms with Crippen LogP contribution in [0.1, 0.15) is 41.6 Å². The van der Waals surface area contributed by atoms with Crippen LogP contribution < -0.4 is 5.32 Å². The molecule has 3 aromatic rings.